The van der Waals surface area contributed by atoms with Crippen molar-refractivity contribution in [3.05, 3.63) is 88.5 Å². The van der Waals surface area contributed by atoms with E-state index >= 15 is 0 Å². The van der Waals surface area contributed by atoms with Crippen LogP contribution in [0.5, 0.6) is 11.5 Å². The number of methoxy groups -OCH3 is 2. The van der Waals surface area contributed by atoms with Gasteiger partial charge < -0.3 is 14.4 Å². The average Bonchev–Trinajstić information content (AvgIpc) is 2.78. The van der Waals surface area contributed by atoms with Gasteiger partial charge in [-0.15, -0.1) is 0 Å². The molecule has 1 aliphatic heterocycles. The van der Waals surface area contributed by atoms with Gasteiger partial charge in [0.15, 0.2) is 0 Å². The molecule has 0 fully saturated rings. The zero-order valence-electron chi connectivity index (χ0n) is 18.2. The van der Waals surface area contributed by atoms with Gasteiger partial charge in [-0.1, -0.05) is 35.9 Å². The predicted octanol–water partition coefficient (Wildman–Crippen LogP) is 4.97. The fourth-order valence-electron chi connectivity index (χ4n) is 3.78. The molecule has 1 aliphatic rings. The van der Waals surface area contributed by atoms with E-state index in [-0.39, 0.29) is 9.80 Å². The largest absolute Gasteiger partial charge is 0.497 e. The maximum absolute atomic E-state index is 13.5. The van der Waals surface area contributed by atoms with Crippen LogP contribution in [-0.2, 0) is 9.84 Å². The minimum atomic E-state index is -4.02. The maximum Gasteiger partial charge on any atom is 0.214 e. The van der Waals surface area contributed by atoms with Crippen LogP contribution < -0.4 is 14.4 Å². The number of rotatable bonds is 5. The van der Waals surface area contributed by atoms with Crippen molar-refractivity contribution >= 4 is 27.0 Å². The Balaban J connectivity index is 1.95. The molecule has 0 saturated heterocycles. The Morgan fingerprint density at radius 2 is 1.53 bits per heavy atom. The number of nitrogens with zero attached hydrogens (tertiary/aromatic N) is 1. The van der Waals surface area contributed by atoms with Gasteiger partial charge >= 0.3 is 0 Å². The summed E-state index contributed by atoms with van der Waals surface area (Å²) in [4.78, 5) is 14.9. The molecule has 32 heavy (non-hydrogen) atoms. The predicted molar refractivity (Wildman–Crippen MR) is 124 cm³/mol. The summed E-state index contributed by atoms with van der Waals surface area (Å²) in [6.45, 7) is 3.72. The van der Waals surface area contributed by atoms with Gasteiger partial charge in [-0.2, -0.15) is 0 Å². The third-order valence-corrected chi connectivity index (χ3v) is 7.21. The number of ketones is 1. The quantitative estimate of drug-likeness (QED) is 0.512. The number of para-hydroxylation sites is 1. The highest BCUT2D eigenvalue weighted by Crippen LogP contribution is 2.42. The van der Waals surface area contributed by atoms with E-state index in [2.05, 4.69) is 0 Å². The van der Waals surface area contributed by atoms with E-state index in [9.17, 15) is 13.2 Å². The summed E-state index contributed by atoms with van der Waals surface area (Å²) in [7, 11) is -0.942. The average molecular weight is 450 g/mol. The van der Waals surface area contributed by atoms with Crippen molar-refractivity contribution in [3.63, 3.8) is 0 Å². The Labute approximate surface area is 187 Å². The molecule has 164 valence electrons. The molecule has 6 nitrogen and oxygen atoms in total. The van der Waals surface area contributed by atoms with Crippen molar-refractivity contribution in [2.45, 2.75) is 18.7 Å². The molecule has 0 saturated carbocycles. The van der Waals surface area contributed by atoms with Crippen molar-refractivity contribution in [2.75, 3.05) is 19.1 Å². The third-order valence-electron chi connectivity index (χ3n) is 5.41. The number of ether oxygens (including phenoxy) is 2. The lowest BCUT2D eigenvalue weighted by Gasteiger charge is -2.29. The third kappa shape index (κ3) is 3.65. The smallest absolute Gasteiger partial charge is 0.214 e. The first-order valence-corrected chi connectivity index (χ1v) is 11.4. The number of carbonyl (C=O) groups is 1. The molecule has 0 spiro atoms. The summed E-state index contributed by atoms with van der Waals surface area (Å²) in [6, 6.07) is 17.2. The van der Waals surface area contributed by atoms with Gasteiger partial charge in [0.1, 0.15) is 16.4 Å². The summed E-state index contributed by atoms with van der Waals surface area (Å²) >= 11 is 0. The van der Waals surface area contributed by atoms with Gasteiger partial charge in [0.05, 0.1) is 30.5 Å². The topological polar surface area (TPSA) is 72.9 Å². The van der Waals surface area contributed by atoms with E-state index in [4.69, 9.17) is 9.47 Å². The Morgan fingerprint density at radius 1 is 0.875 bits per heavy atom. The fourth-order valence-corrected chi connectivity index (χ4v) is 5.32. The summed E-state index contributed by atoms with van der Waals surface area (Å²) in [6.07, 6.45) is 1.38. The number of carbonyl (C=O) groups excluding carboxylic acids is 1. The number of allylic oxidation sites excluding steroid dienone is 1. The molecule has 0 radical (unpaired) electrons. The van der Waals surface area contributed by atoms with Gasteiger partial charge in [-0.05, 0) is 31.5 Å². The highest BCUT2D eigenvalue weighted by atomic mass is 32.2. The maximum atomic E-state index is 13.5. The lowest BCUT2D eigenvalue weighted by molar-refractivity contribution is 0.104. The Bertz CT molecular complexity index is 1340. The molecular weight excluding hydrogens is 426 g/mol. The Kier molecular flexibility index (Phi) is 5.52. The monoisotopic (exact) mass is 449 g/mol. The van der Waals surface area contributed by atoms with E-state index in [1.54, 1.807) is 60.4 Å². The number of hydrogen-bond acceptors (Lipinski definition) is 6. The fraction of sp³-hybridized carbons (Fsp3) is 0.160. The summed E-state index contributed by atoms with van der Waals surface area (Å²) < 4.78 is 37.7. The molecule has 0 amide bonds. The highest BCUT2D eigenvalue weighted by molar-refractivity contribution is 7.96. The SMILES string of the molecule is COc1cc(OC)cc(N2C=C(C(=O)c3ccc(C)cc3C)S(=O)(=O)c3ccccc32)c1. The van der Waals surface area contributed by atoms with E-state index in [0.29, 0.717) is 28.4 Å². The zero-order valence-corrected chi connectivity index (χ0v) is 19.1. The molecule has 0 atom stereocenters. The molecule has 0 unspecified atom stereocenters. The number of sulfone groups is 1. The number of anilines is 2. The van der Waals surface area contributed by atoms with Gasteiger partial charge in [0, 0.05) is 30.0 Å². The van der Waals surface area contributed by atoms with Crippen LogP contribution in [0, 0.1) is 13.8 Å². The van der Waals surface area contributed by atoms with E-state index in [0.717, 1.165) is 11.1 Å². The lowest BCUT2D eigenvalue weighted by atomic mass is 10.0. The number of Topliss-reactive ketones (excluding diaryl/α,β-unsaturated/α-hetero) is 1. The number of fused-ring (bicyclic) bond motifs is 1. The standard InChI is InChI=1S/C25H23NO5S/c1-16-9-10-21(17(2)11-16)25(27)24-15-26(18-12-19(30-3)14-20(13-18)31-4)22-7-5-6-8-23(22)32(24,28)29/h5-15H,1-4H3. The Morgan fingerprint density at radius 3 is 2.16 bits per heavy atom. The first-order valence-electron chi connectivity index (χ1n) is 9.96. The summed E-state index contributed by atoms with van der Waals surface area (Å²) in [5, 5.41) is 0. The zero-order chi connectivity index (χ0) is 23.0. The van der Waals surface area contributed by atoms with Crippen molar-refractivity contribution in [2.24, 2.45) is 0 Å². The van der Waals surface area contributed by atoms with Crippen LogP contribution in [0.25, 0.3) is 0 Å². The molecule has 3 aromatic rings. The molecule has 0 bridgehead atoms. The molecule has 0 N–H and O–H groups in total. The first-order chi connectivity index (χ1) is 15.3. The highest BCUT2D eigenvalue weighted by Gasteiger charge is 2.36. The minimum absolute atomic E-state index is 0.0670. The second-order valence-electron chi connectivity index (χ2n) is 7.55. The van der Waals surface area contributed by atoms with Crippen molar-refractivity contribution in [1.82, 2.24) is 0 Å². The number of aryl methyl sites for hydroxylation is 2. The molecule has 4 rings (SSSR count). The molecule has 0 aliphatic carbocycles. The van der Waals surface area contributed by atoms with Crippen LogP contribution in [0.1, 0.15) is 21.5 Å². The van der Waals surface area contributed by atoms with E-state index in [1.807, 2.05) is 13.0 Å². The van der Waals surface area contributed by atoms with Crippen LogP contribution in [0.15, 0.2) is 76.7 Å². The van der Waals surface area contributed by atoms with Crippen molar-refractivity contribution in [3.8, 4) is 11.5 Å². The van der Waals surface area contributed by atoms with Gasteiger partial charge in [0.25, 0.3) is 0 Å². The molecule has 3 aromatic carbocycles. The van der Waals surface area contributed by atoms with Crippen molar-refractivity contribution in [1.29, 1.82) is 0 Å². The van der Waals surface area contributed by atoms with Gasteiger partial charge in [-0.3, -0.25) is 4.79 Å². The second-order valence-corrected chi connectivity index (χ2v) is 9.44. The van der Waals surface area contributed by atoms with Crippen LogP contribution in [0.2, 0.25) is 0 Å². The van der Waals surface area contributed by atoms with Crippen LogP contribution in [0.3, 0.4) is 0 Å². The van der Waals surface area contributed by atoms with E-state index < -0.39 is 15.6 Å². The number of benzene rings is 3. The first kappa shape index (κ1) is 21.6. The van der Waals surface area contributed by atoms with Gasteiger partial charge in [0.2, 0.25) is 15.6 Å². The molecule has 1 heterocycles. The van der Waals surface area contributed by atoms with Gasteiger partial charge in [-0.25, -0.2) is 8.42 Å². The minimum Gasteiger partial charge on any atom is -0.497 e. The van der Waals surface area contributed by atoms with Crippen LogP contribution >= 0.6 is 0 Å². The Hall–Kier alpha value is -3.58. The van der Waals surface area contributed by atoms with Crippen LogP contribution in [0.4, 0.5) is 11.4 Å². The molecule has 7 heteroatoms. The molecular formula is C25H23NO5S. The summed E-state index contributed by atoms with van der Waals surface area (Å²) in [5.74, 6) is 0.540. The molecule has 0 aromatic heterocycles. The number of hydrogen-bond donors (Lipinski definition) is 0. The van der Waals surface area contributed by atoms with E-state index in [1.165, 1.54) is 26.5 Å². The lowest BCUT2D eigenvalue weighted by Crippen LogP contribution is -2.26. The second kappa shape index (κ2) is 8.16. The van der Waals surface area contributed by atoms with Crippen LogP contribution in [-0.4, -0.2) is 28.4 Å². The normalized spacial score (nSPS) is 14.4. The van der Waals surface area contributed by atoms with Crippen molar-refractivity contribution < 1.29 is 22.7 Å². The summed E-state index contributed by atoms with van der Waals surface area (Å²) in [5.41, 5.74) is 3.12.